The van der Waals surface area contributed by atoms with Crippen LogP contribution in [0.4, 0.5) is 13.2 Å². The van der Waals surface area contributed by atoms with E-state index in [1.165, 1.54) is 24.3 Å². The number of hydrogen-bond acceptors (Lipinski definition) is 2. The number of nitrogens with one attached hydrogen (secondary N) is 1. The van der Waals surface area contributed by atoms with Crippen LogP contribution in [0.3, 0.4) is 0 Å². The van der Waals surface area contributed by atoms with Gasteiger partial charge < -0.3 is 5.11 Å². The Balaban J connectivity index is 2.98. The first-order valence-corrected chi connectivity index (χ1v) is 6.32. The van der Waals surface area contributed by atoms with Crippen molar-refractivity contribution < 1.29 is 23.1 Å². The Hall–Kier alpha value is -1.56. The summed E-state index contributed by atoms with van der Waals surface area (Å²) >= 11 is 0. The molecule has 6 heteroatoms. The number of hydrogen-bond donors (Lipinski definition) is 2. The zero-order valence-electron chi connectivity index (χ0n) is 11.3. The van der Waals surface area contributed by atoms with Gasteiger partial charge in [-0.1, -0.05) is 44.2 Å². The third-order valence-corrected chi connectivity index (χ3v) is 2.83. The lowest BCUT2D eigenvalue weighted by atomic mass is 10.0. The molecular formula is C14H18F3NO2. The first kappa shape index (κ1) is 16.5. The molecule has 0 fully saturated rings. The minimum absolute atomic E-state index is 0.00926. The van der Waals surface area contributed by atoms with Gasteiger partial charge in [-0.25, -0.2) is 0 Å². The van der Waals surface area contributed by atoms with E-state index >= 15 is 0 Å². The molecule has 112 valence electrons. The highest BCUT2D eigenvalue weighted by molar-refractivity contribution is 5.73. The van der Waals surface area contributed by atoms with E-state index in [4.69, 9.17) is 5.11 Å². The summed E-state index contributed by atoms with van der Waals surface area (Å²) in [4.78, 5) is 11.1. The average molecular weight is 289 g/mol. The summed E-state index contributed by atoms with van der Waals surface area (Å²) in [5, 5.41) is 11.3. The van der Waals surface area contributed by atoms with Crippen LogP contribution < -0.4 is 5.32 Å². The number of carbonyl (C=O) groups is 1. The second-order valence-corrected chi connectivity index (χ2v) is 5.07. The number of carboxylic acid groups (broad SMARTS) is 1. The second-order valence-electron chi connectivity index (χ2n) is 5.07. The molecule has 0 spiro atoms. The Morgan fingerprint density at radius 1 is 1.25 bits per heavy atom. The van der Waals surface area contributed by atoms with Crippen molar-refractivity contribution in [2.24, 2.45) is 5.92 Å². The van der Waals surface area contributed by atoms with Crippen molar-refractivity contribution >= 4 is 5.97 Å². The van der Waals surface area contributed by atoms with Crippen molar-refractivity contribution in [3.05, 3.63) is 35.9 Å². The number of rotatable bonds is 6. The Morgan fingerprint density at radius 2 is 1.80 bits per heavy atom. The molecule has 0 aromatic heterocycles. The summed E-state index contributed by atoms with van der Waals surface area (Å²) in [6.07, 6.45) is -4.42. The first-order valence-electron chi connectivity index (χ1n) is 6.32. The number of aliphatic carboxylic acids is 1. The van der Waals surface area contributed by atoms with Gasteiger partial charge in [0.15, 0.2) is 0 Å². The Morgan fingerprint density at radius 3 is 2.20 bits per heavy atom. The molecule has 0 aliphatic carbocycles. The molecule has 0 saturated carbocycles. The van der Waals surface area contributed by atoms with Crippen molar-refractivity contribution in [3.8, 4) is 0 Å². The van der Waals surface area contributed by atoms with Gasteiger partial charge in [0.25, 0.3) is 0 Å². The van der Waals surface area contributed by atoms with E-state index in [1.807, 2.05) is 0 Å². The summed E-state index contributed by atoms with van der Waals surface area (Å²) in [6, 6.07) is 4.05. The predicted octanol–water partition coefficient (Wildman–Crippen LogP) is 3.38. The molecule has 0 radical (unpaired) electrons. The largest absolute Gasteiger partial charge is 0.480 e. The monoisotopic (exact) mass is 289 g/mol. The maximum Gasteiger partial charge on any atom is 0.407 e. The quantitative estimate of drug-likeness (QED) is 0.844. The molecule has 0 aliphatic rings. The minimum Gasteiger partial charge on any atom is -0.480 e. The number of halogens is 3. The van der Waals surface area contributed by atoms with Gasteiger partial charge in [-0.3, -0.25) is 10.1 Å². The number of benzene rings is 1. The number of carboxylic acids is 1. The third kappa shape index (κ3) is 4.85. The summed E-state index contributed by atoms with van der Waals surface area (Å²) in [5.41, 5.74) is 0.00926. The molecule has 0 amide bonds. The molecule has 0 heterocycles. The summed E-state index contributed by atoms with van der Waals surface area (Å²) in [6.45, 7) is 3.53. The normalized spacial score (nSPS) is 15.1. The van der Waals surface area contributed by atoms with Crippen LogP contribution in [-0.4, -0.2) is 23.3 Å². The molecule has 2 N–H and O–H groups in total. The Bertz CT molecular complexity index is 432. The van der Waals surface area contributed by atoms with E-state index in [0.717, 1.165) is 0 Å². The lowest BCUT2D eigenvalue weighted by Gasteiger charge is -2.26. The molecule has 2 atom stereocenters. The van der Waals surface area contributed by atoms with Gasteiger partial charge in [-0.15, -0.1) is 0 Å². The highest BCUT2D eigenvalue weighted by Gasteiger charge is 2.42. The minimum atomic E-state index is -4.55. The van der Waals surface area contributed by atoms with Crippen LogP contribution in [0.15, 0.2) is 30.3 Å². The highest BCUT2D eigenvalue weighted by Crippen LogP contribution is 2.33. The van der Waals surface area contributed by atoms with Gasteiger partial charge in [0.1, 0.15) is 12.1 Å². The Kier molecular flexibility index (Phi) is 5.56. The molecular weight excluding hydrogens is 271 g/mol. The molecule has 1 aromatic carbocycles. The fourth-order valence-corrected chi connectivity index (χ4v) is 1.94. The van der Waals surface area contributed by atoms with Gasteiger partial charge in [0, 0.05) is 0 Å². The van der Waals surface area contributed by atoms with Crippen LogP contribution in [0.25, 0.3) is 0 Å². The van der Waals surface area contributed by atoms with E-state index in [9.17, 15) is 18.0 Å². The summed E-state index contributed by atoms with van der Waals surface area (Å²) in [7, 11) is 0. The van der Waals surface area contributed by atoms with E-state index < -0.39 is 24.2 Å². The zero-order chi connectivity index (χ0) is 15.3. The van der Waals surface area contributed by atoms with E-state index in [0.29, 0.717) is 0 Å². The summed E-state index contributed by atoms with van der Waals surface area (Å²) < 4.78 is 39.3. The van der Waals surface area contributed by atoms with Crippen LogP contribution in [0.5, 0.6) is 0 Å². The van der Waals surface area contributed by atoms with Crippen molar-refractivity contribution in [3.63, 3.8) is 0 Å². The topological polar surface area (TPSA) is 49.3 Å². The summed E-state index contributed by atoms with van der Waals surface area (Å²) in [5.74, 6) is -1.29. The van der Waals surface area contributed by atoms with Gasteiger partial charge in [-0.2, -0.15) is 13.2 Å². The molecule has 0 aliphatic heterocycles. The van der Waals surface area contributed by atoms with E-state index in [-0.39, 0.29) is 17.9 Å². The third-order valence-electron chi connectivity index (χ3n) is 2.83. The number of alkyl halides is 3. The standard InChI is InChI=1S/C14H18F3NO2/c1-9(2)8-11(13(19)20)18-12(14(15,16)17)10-6-4-3-5-7-10/h3-7,9,11-12,18H,8H2,1-2H3,(H,19,20)/t11-,12+/m0/s1. The van der Waals surface area contributed by atoms with Crippen molar-refractivity contribution in [1.82, 2.24) is 5.32 Å². The molecule has 0 unspecified atom stereocenters. The van der Waals surface area contributed by atoms with Crippen LogP contribution >= 0.6 is 0 Å². The highest BCUT2D eigenvalue weighted by atomic mass is 19.4. The molecule has 3 nitrogen and oxygen atoms in total. The molecule has 0 saturated heterocycles. The van der Waals surface area contributed by atoms with Crippen LogP contribution in [0.1, 0.15) is 31.9 Å². The lowest BCUT2D eigenvalue weighted by molar-refractivity contribution is -0.163. The SMILES string of the molecule is CC(C)C[C@H](N[C@H](c1ccccc1)C(F)(F)F)C(=O)O. The first-order chi connectivity index (χ1) is 9.21. The van der Waals surface area contributed by atoms with Crippen LogP contribution in [0, 0.1) is 5.92 Å². The maximum atomic E-state index is 13.1. The fourth-order valence-electron chi connectivity index (χ4n) is 1.94. The maximum absolute atomic E-state index is 13.1. The molecule has 20 heavy (non-hydrogen) atoms. The molecule has 1 aromatic rings. The fraction of sp³-hybridized carbons (Fsp3) is 0.500. The van der Waals surface area contributed by atoms with Crippen LogP contribution in [-0.2, 0) is 4.79 Å². The van der Waals surface area contributed by atoms with Crippen LogP contribution in [0.2, 0.25) is 0 Å². The van der Waals surface area contributed by atoms with Gasteiger partial charge in [0.05, 0.1) is 0 Å². The predicted molar refractivity (Wildman–Crippen MR) is 69.3 cm³/mol. The van der Waals surface area contributed by atoms with E-state index in [2.05, 4.69) is 5.32 Å². The second kappa shape index (κ2) is 6.74. The van der Waals surface area contributed by atoms with Gasteiger partial charge >= 0.3 is 12.1 Å². The molecule has 0 bridgehead atoms. The Labute approximate surface area is 115 Å². The molecule has 1 rings (SSSR count). The average Bonchev–Trinajstić information content (AvgIpc) is 2.33. The van der Waals surface area contributed by atoms with Gasteiger partial charge in [-0.05, 0) is 17.9 Å². The smallest absolute Gasteiger partial charge is 0.407 e. The lowest BCUT2D eigenvalue weighted by Crippen LogP contribution is -2.45. The van der Waals surface area contributed by atoms with Crippen molar-refractivity contribution in [2.75, 3.05) is 0 Å². The van der Waals surface area contributed by atoms with Crippen molar-refractivity contribution in [2.45, 2.75) is 38.5 Å². The zero-order valence-corrected chi connectivity index (χ0v) is 11.3. The van der Waals surface area contributed by atoms with Crippen molar-refractivity contribution in [1.29, 1.82) is 0 Å². The van der Waals surface area contributed by atoms with E-state index in [1.54, 1.807) is 19.9 Å². The van der Waals surface area contributed by atoms with Gasteiger partial charge in [0.2, 0.25) is 0 Å².